The highest BCUT2D eigenvalue weighted by Crippen LogP contribution is 2.48. The van der Waals surface area contributed by atoms with Crippen LogP contribution in [0.2, 0.25) is 0 Å². The molecule has 1 nitrogen and oxygen atoms in total. The molecule has 0 heterocycles. The van der Waals surface area contributed by atoms with Crippen molar-refractivity contribution in [2.45, 2.75) is 71.3 Å². The average molecular weight is 234 g/mol. The molecule has 1 heteroatoms. The van der Waals surface area contributed by atoms with Crippen LogP contribution < -0.4 is 0 Å². The molecule has 0 amide bonds. The van der Waals surface area contributed by atoms with Gasteiger partial charge in [-0.3, -0.25) is 0 Å². The zero-order valence-electron chi connectivity index (χ0n) is 11.3. The molecule has 1 saturated carbocycles. The van der Waals surface area contributed by atoms with E-state index in [0.717, 1.165) is 12.8 Å². The van der Waals surface area contributed by atoms with E-state index in [2.05, 4.69) is 26.0 Å². The Hall–Kier alpha value is -0.560. The number of aliphatic hydroxyl groups is 1. The molecule has 0 bridgehead atoms. The van der Waals surface area contributed by atoms with Crippen LogP contribution in [0.25, 0.3) is 0 Å². The largest absolute Gasteiger partial charge is 0.393 e. The van der Waals surface area contributed by atoms with Crippen molar-refractivity contribution < 1.29 is 5.11 Å². The van der Waals surface area contributed by atoms with Gasteiger partial charge in [-0.05, 0) is 58.8 Å². The fourth-order valence-electron chi connectivity index (χ4n) is 3.38. The van der Waals surface area contributed by atoms with E-state index in [1.807, 2.05) is 0 Å². The van der Waals surface area contributed by atoms with Crippen LogP contribution in [-0.4, -0.2) is 11.2 Å². The Balaban J connectivity index is 1.87. The summed E-state index contributed by atoms with van der Waals surface area (Å²) in [5.41, 5.74) is 3.30. The minimum absolute atomic E-state index is 0.0296. The molecule has 2 aliphatic carbocycles. The molecule has 17 heavy (non-hydrogen) atoms. The molecule has 0 radical (unpaired) electrons. The summed E-state index contributed by atoms with van der Waals surface area (Å²) in [5, 5.41) is 10.1. The first-order valence-electron chi connectivity index (χ1n) is 7.12. The van der Waals surface area contributed by atoms with E-state index in [0.29, 0.717) is 0 Å². The van der Waals surface area contributed by atoms with E-state index >= 15 is 0 Å². The summed E-state index contributed by atoms with van der Waals surface area (Å²) in [6.45, 7) is 4.33. The van der Waals surface area contributed by atoms with Gasteiger partial charge in [0.25, 0.3) is 0 Å². The Labute approximate surface area is 106 Å². The first kappa shape index (κ1) is 12.9. The summed E-state index contributed by atoms with van der Waals surface area (Å²) in [6, 6.07) is 0. The number of aliphatic hydroxyl groups excluding tert-OH is 1. The van der Waals surface area contributed by atoms with Crippen molar-refractivity contribution >= 4 is 0 Å². The van der Waals surface area contributed by atoms with Gasteiger partial charge in [-0.15, -0.1) is 0 Å². The van der Waals surface area contributed by atoms with E-state index in [1.165, 1.54) is 44.1 Å². The Kier molecular flexibility index (Phi) is 4.09. The number of hydrogen-bond donors (Lipinski definition) is 1. The van der Waals surface area contributed by atoms with E-state index in [9.17, 15) is 5.11 Å². The fraction of sp³-hybridized carbons (Fsp3) is 0.750. The van der Waals surface area contributed by atoms with Crippen molar-refractivity contribution in [1.29, 1.82) is 0 Å². The molecular formula is C16H26O. The quantitative estimate of drug-likeness (QED) is 0.719. The molecular weight excluding hydrogens is 208 g/mol. The van der Waals surface area contributed by atoms with Crippen molar-refractivity contribution in [3.05, 3.63) is 23.3 Å². The standard InChI is InChI=1S/C16H26O/c1-13(2)5-3-6-14-8-11-16(12-9-14)10-4-7-15(16)17/h5,8,15,17H,3-4,6-7,9-12H2,1-2H3. The third-order valence-electron chi connectivity index (χ3n) is 4.62. The van der Waals surface area contributed by atoms with Crippen molar-refractivity contribution in [1.82, 2.24) is 0 Å². The van der Waals surface area contributed by atoms with Gasteiger partial charge in [-0.1, -0.05) is 29.7 Å². The lowest BCUT2D eigenvalue weighted by atomic mass is 9.72. The molecule has 2 aliphatic rings. The monoisotopic (exact) mass is 234 g/mol. The van der Waals surface area contributed by atoms with Crippen LogP contribution in [0.3, 0.4) is 0 Å². The predicted molar refractivity (Wildman–Crippen MR) is 72.9 cm³/mol. The third-order valence-corrected chi connectivity index (χ3v) is 4.62. The molecule has 1 N–H and O–H groups in total. The van der Waals surface area contributed by atoms with Gasteiger partial charge in [0.05, 0.1) is 6.10 Å². The lowest BCUT2D eigenvalue weighted by Gasteiger charge is -2.35. The van der Waals surface area contributed by atoms with E-state index in [-0.39, 0.29) is 11.5 Å². The van der Waals surface area contributed by atoms with E-state index in [4.69, 9.17) is 0 Å². The number of hydrogen-bond acceptors (Lipinski definition) is 1. The van der Waals surface area contributed by atoms with E-state index in [1.54, 1.807) is 5.57 Å². The maximum Gasteiger partial charge on any atom is 0.0599 e. The lowest BCUT2D eigenvalue weighted by Crippen LogP contribution is -2.31. The Morgan fingerprint density at radius 1 is 1.47 bits per heavy atom. The summed E-state index contributed by atoms with van der Waals surface area (Å²) in [6.07, 6.45) is 14.2. The van der Waals surface area contributed by atoms with Gasteiger partial charge in [-0.25, -0.2) is 0 Å². The molecule has 1 spiro atoms. The van der Waals surface area contributed by atoms with Gasteiger partial charge in [0.2, 0.25) is 0 Å². The van der Waals surface area contributed by atoms with Gasteiger partial charge in [-0.2, -0.15) is 0 Å². The van der Waals surface area contributed by atoms with Crippen LogP contribution in [0.4, 0.5) is 0 Å². The molecule has 0 aromatic carbocycles. The van der Waals surface area contributed by atoms with Crippen molar-refractivity contribution in [2.24, 2.45) is 5.41 Å². The van der Waals surface area contributed by atoms with Crippen LogP contribution in [0, 0.1) is 5.41 Å². The van der Waals surface area contributed by atoms with Crippen LogP contribution in [0.15, 0.2) is 23.3 Å². The van der Waals surface area contributed by atoms with Crippen molar-refractivity contribution in [3.63, 3.8) is 0 Å². The summed E-state index contributed by atoms with van der Waals surface area (Å²) in [5.74, 6) is 0. The molecule has 2 rings (SSSR count). The third kappa shape index (κ3) is 3.01. The smallest absolute Gasteiger partial charge is 0.0599 e. The zero-order chi connectivity index (χ0) is 12.3. The highest BCUT2D eigenvalue weighted by atomic mass is 16.3. The molecule has 0 aromatic rings. The molecule has 0 aromatic heterocycles. The molecule has 96 valence electrons. The molecule has 2 atom stereocenters. The second-order valence-electron chi connectivity index (χ2n) is 6.16. The minimum atomic E-state index is -0.0296. The summed E-state index contributed by atoms with van der Waals surface area (Å²) in [4.78, 5) is 0. The van der Waals surface area contributed by atoms with Crippen LogP contribution in [0.5, 0.6) is 0 Å². The topological polar surface area (TPSA) is 20.2 Å². The Bertz CT molecular complexity index is 322. The maximum atomic E-state index is 10.1. The van der Waals surface area contributed by atoms with Gasteiger partial charge in [0.1, 0.15) is 0 Å². The van der Waals surface area contributed by atoms with Crippen LogP contribution in [-0.2, 0) is 0 Å². The number of rotatable bonds is 3. The fourth-order valence-corrected chi connectivity index (χ4v) is 3.38. The first-order valence-corrected chi connectivity index (χ1v) is 7.12. The number of allylic oxidation sites excluding steroid dienone is 4. The molecule has 2 unspecified atom stereocenters. The predicted octanol–water partition coefficient (Wildman–Crippen LogP) is 4.37. The van der Waals surface area contributed by atoms with Gasteiger partial charge in [0.15, 0.2) is 0 Å². The normalized spacial score (nSPS) is 32.6. The summed E-state index contributed by atoms with van der Waals surface area (Å²) < 4.78 is 0. The van der Waals surface area contributed by atoms with Crippen LogP contribution >= 0.6 is 0 Å². The van der Waals surface area contributed by atoms with Crippen molar-refractivity contribution in [3.8, 4) is 0 Å². The molecule has 0 saturated heterocycles. The Morgan fingerprint density at radius 3 is 2.82 bits per heavy atom. The summed E-state index contributed by atoms with van der Waals surface area (Å²) in [7, 11) is 0. The maximum absolute atomic E-state index is 10.1. The zero-order valence-corrected chi connectivity index (χ0v) is 11.3. The minimum Gasteiger partial charge on any atom is -0.393 e. The van der Waals surface area contributed by atoms with Gasteiger partial charge < -0.3 is 5.11 Å². The summed E-state index contributed by atoms with van der Waals surface area (Å²) >= 11 is 0. The average Bonchev–Trinajstić information content (AvgIpc) is 2.63. The highest BCUT2D eigenvalue weighted by molar-refractivity contribution is 5.13. The molecule has 0 aliphatic heterocycles. The Morgan fingerprint density at radius 2 is 2.29 bits per heavy atom. The lowest BCUT2D eigenvalue weighted by molar-refractivity contribution is 0.0440. The van der Waals surface area contributed by atoms with Crippen molar-refractivity contribution in [2.75, 3.05) is 0 Å². The first-order chi connectivity index (χ1) is 8.12. The van der Waals surface area contributed by atoms with Gasteiger partial charge in [0, 0.05) is 5.41 Å². The van der Waals surface area contributed by atoms with E-state index < -0.39 is 0 Å². The highest BCUT2D eigenvalue weighted by Gasteiger charge is 2.41. The second kappa shape index (κ2) is 5.39. The van der Waals surface area contributed by atoms with Crippen LogP contribution in [0.1, 0.15) is 65.2 Å². The molecule has 1 fully saturated rings. The SMILES string of the molecule is CC(C)=CCCC1=CCC2(CCCC2O)CC1. The van der Waals surface area contributed by atoms with Gasteiger partial charge >= 0.3 is 0 Å². The second-order valence-corrected chi connectivity index (χ2v) is 6.16.